The average Bonchev–Trinajstić information content (AvgIpc) is 2.20. The van der Waals surface area contributed by atoms with Crippen LogP contribution in [-0.4, -0.2) is 13.7 Å². The van der Waals surface area contributed by atoms with Gasteiger partial charge in [0.2, 0.25) is 0 Å². The molecule has 0 atom stereocenters. The Morgan fingerprint density at radius 3 is 2.79 bits per heavy atom. The molecule has 1 aromatic rings. The van der Waals surface area contributed by atoms with Crippen LogP contribution in [0.1, 0.15) is 12.0 Å². The van der Waals surface area contributed by atoms with Crippen LogP contribution in [0, 0.1) is 5.82 Å². The summed E-state index contributed by atoms with van der Waals surface area (Å²) < 4.78 is 18.4. The Hall–Kier alpha value is -0.800. The lowest BCUT2D eigenvalue weighted by Gasteiger charge is -2.09. The van der Waals surface area contributed by atoms with Crippen molar-refractivity contribution in [3.8, 4) is 5.75 Å². The van der Waals surface area contributed by atoms with E-state index in [4.69, 9.17) is 22.1 Å². The van der Waals surface area contributed by atoms with Crippen molar-refractivity contribution in [2.45, 2.75) is 12.8 Å². The van der Waals surface area contributed by atoms with Gasteiger partial charge in [0.15, 0.2) is 11.6 Å². The van der Waals surface area contributed by atoms with Crippen LogP contribution in [0.4, 0.5) is 4.39 Å². The molecule has 2 nitrogen and oxygen atoms in total. The predicted octanol–water partition coefficient (Wildman–Crippen LogP) is 2.38. The van der Waals surface area contributed by atoms with Crippen LogP contribution in [0.15, 0.2) is 12.1 Å². The SMILES string of the molecule is COc1c(CCCN)ccc(Cl)c1F. The number of methoxy groups -OCH3 is 1. The van der Waals surface area contributed by atoms with E-state index in [0.29, 0.717) is 13.0 Å². The first-order valence-corrected chi connectivity index (χ1v) is 4.79. The molecule has 0 saturated carbocycles. The van der Waals surface area contributed by atoms with Crippen LogP contribution in [0.25, 0.3) is 0 Å². The lowest BCUT2D eigenvalue weighted by molar-refractivity contribution is 0.381. The monoisotopic (exact) mass is 217 g/mol. The van der Waals surface area contributed by atoms with Gasteiger partial charge in [-0.15, -0.1) is 0 Å². The van der Waals surface area contributed by atoms with Gasteiger partial charge in [0.1, 0.15) is 0 Å². The van der Waals surface area contributed by atoms with E-state index >= 15 is 0 Å². The molecule has 0 fully saturated rings. The van der Waals surface area contributed by atoms with E-state index in [0.717, 1.165) is 12.0 Å². The smallest absolute Gasteiger partial charge is 0.183 e. The molecular formula is C10H13ClFNO. The number of hydrogen-bond acceptors (Lipinski definition) is 2. The Kier molecular flexibility index (Phi) is 4.17. The van der Waals surface area contributed by atoms with Gasteiger partial charge in [0.25, 0.3) is 0 Å². The number of halogens is 2. The van der Waals surface area contributed by atoms with Gasteiger partial charge in [-0.3, -0.25) is 0 Å². The zero-order valence-electron chi connectivity index (χ0n) is 8.02. The van der Waals surface area contributed by atoms with Crippen LogP contribution < -0.4 is 10.5 Å². The standard InChI is InChI=1S/C10H13ClFNO/c1-14-10-7(3-2-6-13)4-5-8(11)9(10)12/h4-5H,2-3,6,13H2,1H3. The molecule has 0 unspecified atom stereocenters. The summed E-state index contributed by atoms with van der Waals surface area (Å²) in [4.78, 5) is 0. The van der Waals surface area contributed by atoms with Gasteiger partial charge in [-0.25, -0.2) is 4.39 Å². The van der Waals surface area contributed by atoms with E-state index in [1.165, 1.54) is 13.2 Å². The maximum Gasteiger partial charge on any atom is 0.183 e. The van der Waals surface area contributed by atoms with Gasteiger partial charge < -0.3 is 10.5 Å². The maximum absolute atomic E-state index is 13.4. The zero-order chi connectivity index (χ0) is 10.6. The number of benzene rings is 1. The van der Waals surface area contributed by atoms with Gasteiger partial charge in [0.05, 0.1) is 12.1 Å². The fourth-order valence-electron chi connectivity index (χ4n) is 1.28. The summed E-state index contributed by atoms with van der Waals surface area (Å²) in [7, 11) is 1.43. The number of nitrogens with two attached hydrogens (primary N) is 1. The third-order valence-corrected chi connectivity index (χ3v) is 2.28. The molecule has 0 saturated heterocycles. The Balaban J connectivity index is 2.98. The highest BCUT2D eigenvalue weighted by atomic mass is 35.5. The van der Waals surface area contributed by atoms with Crippen LogP contribution in [0.5, 0.6) is 5.75 Å². The van der Waals surface area contributed by atoms with Crippen molar-refractivity contribution in [2.75, 3.05) is 13.7 Å². The average molecular weight is 218 g/mol. The van der Waals surface area contributed by atoms with Gasteiger partial charge in [-0.1, -0.05) is 17.7 Å². The molecular weight excluding hydrogens is 205 g/mol. The number of aryl methyl sites for hydroxylation is 1. The van der Waals surface area contributed by atoms with E-state index < -0.39 is 5.82 Å². The predicted molar refractivity (Wildman–Crippen MR) is 55.3 cm³/mol. The Bertz CT molecular complexity index is 317. The van der Waals surface area contributed by atoms with Crippen LogP contribution in [0.3, 0.4) is 0 Å². The van der Waals surface area contributed by atoms with Crippen molar-refractivity contribution in [2.24, 2.45) is 5.73 Å². The summed E-state index contributed by atoms with van der Waals surface area (Å²) in [5.74, 6) is -0.269. The summed E-state index contributed by atoms with van der Waals surface area (Å²) in [5, 5.41) is 0.0818. The minimum absolute atomic E-state index is 0.0818. The second kappa shape index (κ2) is 5.17. The quantitative estimate of drug-likeness (QED) is 0.841. The summed E-state index contributed by atoms with van der Waals surface area (Å²) in [6.07, 6.45) is 1.51. The molecule has 0 spiro atoms. The fourth-order valence-corrected chi connectivity index (χ4v) is 1.43. The number of hydrogen-bond donors (Lipinski definition) is 1. The molecule has 0 aliphatic rings. The van der Waals surface area contributed by atoms with Crippen LogP contribution in [0.2, 0.25) is 5.02 Å². The molecule has 1 aromatic carbocycles. The van der Waals surface area contributed by atoms with E-state index in [2.05, 4.69) is 0 Å². The molecule has 4 heteroatoms. The van der Waals surface area contributed by atoms with Crippen molar-refractivity contribution < 1.29 is 9.13 Å². The normalized spacial score (nSPS) is 10.3. The van der Waals surface area contributed by atoms with Crippen LogP contribution in [-0.2, 0) is 6.42 Å². The highest BCUT2D eigenvalue weighted by Gasteiger charge is 2.12. The van der Waals surface area contributed by atoms with Crippen molar-refractivity contribution in [3.05, 3.63) is 28.5 Å². The number of rotatable bonds is 4. The molecule has 0 aliphatic heterocycles. The molecule has 1 rings (SSSR count). The molecule has 0 amide bonds. The molecule has 14 heavy (non-hydrogen) atoms. The third-order valence-electron chi connectivity index (χ3n) is 1.99. The molecule has 0 aliphatic carbocycles. The summed E-state index contributed by atoms with van der Waals surface area (Å²) in [6.45, 7) is 0.577. The minimum atomic E-state index is -0.497. The lowest BCUT2D eigenvalue weighted by Crippen LogP contribution is -2.02. The van der Waals surface area contributed by atoms with E-state index in [1.54, 1.807) is 6.07 Å². The number of ether oxygens (including phenoxy) is 1. The van der Waals surface area contributed by atoms with E-state index in [1.807, 2.05) is 0 Å². The van der Waals surface area contributed by atoms with Gasteiger partial charge in [-0.05, 0) is 31.0 Å². The first-order chi connectivity index (χ1) is 6.70. The van der Waals surface area contributed by atoms with Crippen molar-refractivity contribution in [1.82, 2.24) is 0 Å². The highest BCUT2D eigenvalue weighted by Crippen LogP contribution is 2.29. The van der Waals surface area contributed by atoms with Crippen molar-refractivity contribution in [1.29, 1.82) is 0 Å². The fraction of sp³-hybridized carbons (Fsp3) is 0.400. The first kappa shape index (κ1) is 11.3. The molecule has 78 valence electrons. The molecule has 0 bridgehead atoms. The van der Waals surface area contributed by atoms with Crippen molar-refractivity contribution in [3.63, 3.8) is 0 Å². The second-order valence-electron chi connectivity index (χ2n) is 2.95. The van der Waals surface area contributed by atoms with Crippen LogP contribution >= 0.6 is 11.6 Å². The minimum Gasteiger partial charge on any atom is -0.493 e. The summed E-state index contributed by atoms with van der Waals surface area (Å²) >= 11 is 5.62. The topological polar surface area (TPSA) is 35.2 Å². The molecule has 0 radical (unpaired) electrons. The van der Waals surface area contributed by atoms with E-state index in [9.17, 15) is 4.39 Å². The third kappa shape index (κ3) is 2.36. The van der Waals surface area contributed by atoms with Gasteiger partial charge in [0, 0.05) is 0 Å². The Morgan fingerprint density at radius 1 is 1.50 bits per heavy atom. The summed E-state index contributed by atoms with van der Waals surface area (Å²) in [6, 6.07) is 3.30. The summed E-state index contributed by atoms with van der Waals surface area (Å²) in [5.41, 5.74) is 6.18. The molecule has 0 heterocycles. The highest BCUT2D eigenvalue weighted by molar-refractivity contribution is 6.30. The van der Waals surface area contributed by atoms with Crippen molar-refractivity contribution >= 4 is 11.6 Å². The van der Waals surface area contributed by atoms with E-state index in [-0.39, 0.29) is 10.8 Å². The van der Waals surface area contributed by atoms with Gasteiger partial charge in [-0.2, -0.15) is 0 Å². The van der Waals surface area contributed by atoms with Gasteiger partial charge >= 0.3 is 0 Å². The molecule has 0 aromatic heterocycles. The zero-order valence-corrected chi connectivity index (χ0v) is 8.77. The second-order valence-corrected chi connectivity index (χ2v) is 3.35. The maximum atomic E-state index is 13.4. The Morgan fingerprint density at radius 2 is 2.21 bits per heavy atom. The Labute approximate surface area is 87.8 Å². The molecule has 2 N–H and O–H groups in total. The lowest BCUT2D eigenvalue weighted by atomic mass is 10.1. The largest absolute Gasteiger partial charge is 0.493 e. The first-order valence-electron chi connectivity index (χ1n) is 4.41.